The van der Waals surface area contributed by atoms with Gasteiger partial charge in [-0.3, -0.25) is 0 Å². The average molecular weight is 775 g/mol. The van der Waals surface area contributed by atoms with E-state index in [1.54, 1.807) is 0 Å². The molecule has 2 heterocycles. The lowest BCUT2D eigenvalue weighted by atomic mass is 9.51. The number of nitrogens with zero attached hydrogens (tertiary/aromatic N) is 4. The lowest BCUT2D eigenvalue weighted by Gasteiger charge is -2.54. The standard InChI is InChI=1S/C56H46N4/c1-33-25-35(3)49-41-29-39(37-13-9-7-10-14-37)17-19-45(41)59(47(49)27-33)53-43(31-57)44(32-58)54(52-51(53)55(5)21-23-56(52,6)24-22-55)60-46-20-18-40(38-15-11-8-12-16-38)30-42(46)50-36(4)26-34(2)28-48(50)60/h7-20,25-30H,21-24H2,1-6H3. The van der Waals surface area contributed by atoms with Crippen LogP contribution >= 0.6 is 0 Å². The lowest BCUT2D eigenvalue weighted by Crippen LogP contribution is -2.46. The van der Waals surface area contributed by atoms with Crippen LogP contribution in [0.2, 0.25) is 0 Å². The summed E-state index contributed by atoms with van der Waals surface area (Å²) in [5.74, 6) is 0. The number of rotatable bonds is 4. The summed E-state index contributed by atoms with van der Waals surface area (Å²) >= 11 is 0. The molecule has 0 saturated heterocycles. The molecule has 3 aliphatic rings. The van der Waals surface area contributed by atoms with Crippen molar-refractivity contribution in [1.82, 2.24) is 9.13 Å². The second-order valence-electron chi connectivity index (χ2n) is 18.4. The maximum absolute atomic E-state index is 11.7. The maximum Gasteiger partial charge on any atom is 0.103 e. The third-order valence-electron chi connectivity index (χ3n) is 14.4. The predicted molar refractivity (Wildman–Crippen MR) is 248 cm³/mol. The molecule has 290 valence electrons. The van der Waals surface area contributed by atoms with Crippen LogP contribution in [-0.2, 0) is 10.8 Å². The molecular formula is C56H46N4. The van der Waals surface area contributed by atoms with Gasteiger partial charge in [-0.15, -0.1) is 0 Å². The fourth-order valence-electron chi connectivity index (χ4n) is 11.6. The van der Waals surface area contributed by atoms with Crippen molar-refractivity contribution in [2.24, 2.45) is 0 Å². The summed E-state index contributed by atoms with van der Waals surface area (Å²) in [7, 11) is 0. The van der Waals surface area contributed by atoms with Crippen LogP contribution in [0.1, 0.15) is 84.0 Å². The van der Waals surface area contributed by atoms with Crippen LogP contribution in [0.5, 0.6) is 0 Å². The zero-order valence-electron chi connectivity index (χ0n) is 35.2. The highest BCUT2D eigenvalue weighted by atomic mass is 15.0. The highest BCUT2D eigenvalue weighted by Crippen LogP contribution is 2.61. The predicted octanol–water partition coefficient (Wildman–Crippen LogP) is 14.3. The molecule has 0 radical (unpaired) electrons. The van der Waals surface area contributed by atoms with E-state index in [0.717, 1.165) is 81.0 Å². The van der Waals surface area contributed by atoms with E-state index < -0.39 is 0 Å². The molecule has 9 aromatic rings. The van der Waals surface area contributed by atoms with E-state index in [9.17, 15) is 10.5 Å². The molecule has 4 heteroatoms. The summed E-state index contributed by atoms with van der Waals surface area (Å²) in [5.41, 5.74) is 18.4. The Morgan fingerprint density at radius 1 is 0.450 bits per heavy atom. The molecule has 0 aliphatic heterocycles. The minimum absolute atomic E-state index is 0.201. The fraction of sp³-hybridized carbons (Fsp3) is 0.214. The average Bonchev–Trinajstić information content (AvgIpc) is 3.75. The number of aryl methyl sites for hydroxylation is 4. The van der Waals surface area contributed by atoms with Crippen LogP contribution in [0.4, 0.5) is 0 Å². The first-order chi connectivity index (χ1) is 29.0. The Labute approximate surface area is 351 Å². The number of fused-ring (bicyclic) bond motifs is 8. The third kappa shape index (κ3) is 4.95. The highest BCUT2D eigenvalue weighted by molar-refractivity contribution is 6.14. The molecule has 2 aromatic heterocycles. The van der Waals surface area contributed by atoms with Gasteiger partial charge in [-0.2, -0.15) is 10.5 Å². The van der Waals surface area contributed by atoms with Gasteiger partial charge < -0.3 is 9.13 Å². The van der Waals surface area contributed by atoms with Crippen molar-refractivity contribution >= 4 is 43.6 Å². The number of benzene rings is 7. The second-order valence-corrected chi connectivity index (χ2v) is 18.4. The van der Waals surface area contributed by atoms with Crippen LogP contribution in [-0.4, -0.2) is 9.13 Å². The smallest absolute Gasteiger partial charge is 0.103 e. The Morgan fingerprint density at radius 2 is 0.833 bits per heavy atom. The molecule has 1 saturated carbocycles. The van der Waals surface area contributed by atoms with Crippen LogP contribution in [0.25, 0.3) is 77.2 Å². The van der Waals surface area contributed by atoms with Crippen molar-refractivity contribution in [1.29, 1.82) is 10.5 Å². The van der Waals surface area contributed by atoms with Crippen LogP contribution < -0.4 is 0 Å². The van der Waals surface area contributed by atoms with Crippen molar-refractivity contribution in [3.05, 3.63) is 166 Å². The van der Waals surface area contributed by atoms with Crippen molar-refractivity contribution in [2.45, 2.75) is 78.1 Å². The van der Waals surface area contributed by atoms with Crippen LogP contribution in [0, 0.1) is 50.4 Å². The molecular weight excluding hydrogens is 729 g/mol. The summed E-state index contributed by atoms with van der Waals surface area (Å²) in [6.45, 7) is 13.6. The van der Waals surface area contributed by atoms with Gasteiger partial charge in [-0.05, 0) is 156 Å². The summed E-state index contributed by atoms with van der Waals surface area (Å²) in [5, 5.41) is 28.0. The third-order valence-corrected chi connectivity index (χ3v) is 14.4. The Kier molecular flexibility index (Phi) is 7.73. The van der Waals surface area contributed by atoms with E-state index in [1.165, 1.54) is 55.3 Å². The van der Waals surface area contributed by atoms with Gasteiger partial charge in [0, 0.05) is 21.5 Å². The lowest BCUT2D eigenvalue weighted by molar-refractivity contribution is 0.187. The van der Waals surface area contributed by atoms with E-state index in [4.69, 9.17) is 0 Å². The van der Waals surface area contributed by atoms with E-state index >= 15 is 0 Å². The summed E-state index contributed by atoms with van der Waals surface area (Å²) in [4.78, 5) is 0. The largest absolute Gasteiger partial charge is 0.308 e. The molecule has 0 amide bonds. The van der Waals surface area contributed by atoms with Gasteiger partial charge in [0.1, 0.15) is 12.1 Å². The molecule has 0 unspecified atom stereocenters. The summed E-state index contributed by atoms with van der Waals surface area (Å²) < 4.78 is 4.76. The van der Waals surface area contributed by atoms with Gasteiger partial charge in [0.05, 0.1) is 44.6 Å². The molecule has 4 nitrogen and oxygen atoms in total. The molecule has 7 aromatic carbocycles. The monoisotopic (exact) mass is 774 g/mol. The first-order valence-electron chi connectivity index (χ1n) is 21.3. The van der Waals surface area contributed by atoms with Gasteiger partial charge in [0.15, 0.2) is 0 Å². The molecule has 60 heavy (non-hydrogen) atoms. The van der Waals surface area contributed by atoms with E-state index in [1.807, 2.05) is 0 Å². The minimum atomic E-state index is -0.201. The van der Waals surface area contributed by atoms with Crippen molar-refractivity contribution in [2.75, 3.05) is 0 Å². The van der Waals surface area contributed by atoms with E-state index in [-0.39, 0.29) is 10.8 Å². The Balaban J connectivity index is 1.33. The van der Waals surface area contributed by atoms with Gasteiger partial charge in [-0.25, -0.2) is 0 Å². The molecule has 0 N–H and O–H groups in total. The first-order valence-corrected chi connectivity index (χ1v) is 21.3. The minimum Gasteiger partial charge on any atom is -0.308 e. The topological polar surface area (TPSA) is 57.4 Å². The number of hydrogen-bond acceptors (Lipinski definition) is 2. The molecule has 0 atom stereocenters. The highest BCUT2D eigenvalue weighted by Gasteiger charge is 2.52. The van der Waals surface area contributed by atoms with E-state index in [0.29, 0.717) is 11.1 Å². The SMILES string of the molecule is Cc1cc(C)c2c3cc(-c4ccccc4)ccc3n(-c3c(C#N)c(C#N)c(-n4c5ccc(-c6ccccc6)cc5c5c(C)cc(C)cc54)c4c3C3(C)CCC4(C)CC3)c2c1. The number of aromatic nitrogens is 2. The van der Waals surface area contributed by atoms with Crippen molar-refractivity contribution < 1.29 is 0 Å². The Hall–Kier alpha value is -6.88. The Morgan fingerprint density at radius 3 is 1.20 bits per heavy atom. The quantitative estimate of drug-likeness (QED) is 0.179. The van der Waals surface area contributed by atoms with Gasteiger partial charge in [-0.1, -0.05) is 98.8 Å². The van der Waals surface area contributed by atoms with Gasteiger partial charge >= 0.3 is 0 Å². The van der Waals surface area contributed by atoms with Crippen molar-refractivity contribution in [3.8, 4) is 45.8 Å². The van der Waals surface area contributed by atoms with Gasteiger partial charge in [0.2, 0.25) is 0 Å². The van der Waals surface area contributed by atoms with E-state index in [2.05, 4.69) is 184 Å². The van der Waals surface area contributed by atoms with Crippen LogP contribution in [0.15, 0.2) is 121 Å². The zero-order chi connectivity index (χ0) is 41.2. The summed E-state index contributed by atoms with van der Waals surface area (Å²) in [6.07, 6.45) is 4.11. The molecule has 12 rings (SSSR count). The number of hydrogen-bond donors (Lipinski definition) is 0. The zero-order valence-corrected chi connectivity index (χ0v) is 35.2. The van der Waals surface area contributed by atoms with Crippen LogP contribution in [0.3, 0.4) is 0 Å². The first kappa shape index (κ1) is 36.2. The molecule has 3 aliphatic carbocycles. The fourth-order valence-corrected chi connectivity index (χ4v) is 11.6. The van der Waals surface area contributed by atoms with Crippen molar-refractivity contribution in [3.63, 3.8) is 0 Å². The Bertz CT molecular complexity index is 3160. The second kappa shape index (κ2) is 12.8. The van der Waals surface area contributed by atoms with Gasteiger partial charge in [0.25, 0.3) is 0 Å². The number of nitriles is 2. The summed E-state index contributed by atoms with van der Waals surface area (Å²) in [6, 6.07) is 49.3. The molecule has 1 fully saturated rings. The molecule has 0 spiro atoms. The maximum atomic E-state index is 11.7. The molecule has 2 bridgehead atoms. The normalized spacial score (nSPS) is 18.3.